The Balaban J connectivity index is 1.71. The van der Waals surface area contributed by atoms with Crippen molar-refractivity contribution in [3.63, 3.8) is 0 Å². The molecule has 2 aromatic heterocycles. The molecule has 0 saturated carbocycles. The maximum absolute atomic E-state index is 13.7. The number of alkyl halides is 3. The van der Waals surface area contributed by atoms with Crippen molar-refractivity contribution >= 4 is 22.5 Å². The van der Waals surface area contributed by atoms with Gasteiger partial charge in [-0.25, -0.2) is 13.5 Å². The van der Waals surface area contributed by atoms with Gasteiger partial charge >= 0.3 is 6.18 Å². The van der Waals surface area contributed by atoms with E-state index in [4.69, 9.17) is 0 Å². The van der Waals surface area contributed by atoms with Gasteiger partial charge in [-0.2, -0.15) is 18.3 Å². The molecular weight excluding hydrogens is 407 g/mol. The first kappa shape index (κ1) is 19.5. The molecule has 0 aliphatic carbocycles. The molecule has 0 bridgehead atoms. The van der Waals surface area contributed by atoms with Crippen LogP contribution in [0.3, 0.4) is 0 Å². The van der Waals surface area contributed by atoms with E-state index in [0.717, 1.165) is 36.7 Å². The lowest BCUT2D eigenvalue weighted by Gasteiger charge is -2.13. The van der Waals surface area contributed by atoms with Crippen LogP contribution in [0.15, 0.2) is 60.9 Å². The zero-order valence-corrected chi connectivity index (χ0v) is 14.9. The highest BCUT2D eigenvalue weighted by molar-refractivity contribution is 6.06. The van der Waals surface area contributed by atoms with Crippen molar-refractivity contribution in [2.75, 3.05) is 5.32 Å². The number of amides is 1. The molecule has 30 heavy (non-hydrogen) atoms. The number of nitrogens with one attached hydrogen (secondary N) is 1. The van der Waals surface area contributed by atoms with Crippen molar-refractivity contribution in [3.8, 4) is 5.69 Å². The normalized spacial score (nSPS) is 11.6. The molecule has 0 unspecified atom stereocenters. The summed E-state index contributed by atoms with van der Waals surface area (Å²) in [6, 6.07) is 9.72. The largest absolute Gasteiger partial charge is 0.435 e. The molecule has 0 aliphatic heterocycles. The number of fused-ring (bicyclic) bond motifs is 1. The number of benzene rings is 2. The lowest BCUT2D eigenvalue weighted by Crippen LogP contribution is -2.19. The number of hydrogen-bond donors (Lipinski definition) is 1. The third-order valence-corrected chi connectivity index (χ3v) is 4.28. The van der Waals surface area contributed by atoms with Gasteiger partial charge in [0.2, 0.25) is 0 Å². The monoisotopic (exact) mass is 418 g/mol. The van der Waals surface area contributed by atoms with E-state index in [0.29, 0.717) is 10.1 Å². The SMILES string of the molecule is O=C(Nc1cnn(-c2ccc(F)cc2)c1C(F)(F)F)c1cnc2c(F)cccc2c1. The summed E-state index contributed by atoms with van der Waals surface area (Å²) in [5.74, 6) is -2.08. The van der Waals surface area contributed by atoms with E-state index in [-0.39, 0.29) is 16.8 Å². The van der Waals surface area contributed by atoms with E-state index in [1.165, 1.54) is 24.3 Å². The molecule has 5 nitrogen and oxygen atoms in total. The van der Waals surface area contributed by atoms with E-state index >= 15 is 0 Å². The number of rotatable bonds is 3. The average Bonchev–Trinajstić information content (AvgIpc) is 3.12. The number of anilines is 1. The van der Waals surface area contributed by atoms with Crippen LogP contribution in [0.1, 0.15) is 16.1 Å². The molecule has 10 heteroatoms. The Morgan fingerprint density at radius 1 is 1.00 bits per heavy atom. The van der Waals surface area contributed by atoms with Crippen molar-refractivity contribution in [1.29, 1.82) is 0 Å². The van der Waals surface area contributed by atoms with Crippen molar-refractivity contribution in [2.24, 2.45) is 0 Å². The topological polar surface area (TPSA) is 59.8 Å². The van der Waals surface area contributed by atoms with E-state index in [1.807, 2.05) is 0 Å². The van der Waals surface area contributed by atoms with Crippen LogP contribution in [0.2, 0.25) is 0 Å². The number of nitrogens with zero attached hydrogens (tertiary/aromatic N) is 3. The molecule has 2 heterocycles. The fourth-order valence-corrected chi connectivity index (χ4v) is 2.93. The fourth-order valence-electron chi connectivity index (χ4n) is 2.93. The minimum absolute atomic E-state index is 0.0351. The highest BCUT2D eigenvalue weighted by Crippen LogP contribution is 2.36. The molecule has 0 saturated heterocycles. The standard InChI is InChI=1S/C20H11F5N4O/c21-13-4-6-14(7-5-13)29-18(20(23,24)25)16(10-27-29)28-19(30)12-8-11-2-1-3-15(22)17(11)26-9-12/h1-10H,(H,28,30). The first-order chi connectivity index (χ1) is 14.2. The van der Waals surface area contributed by atoms with Crippen molar-refractivity contribution in [1.82, 2.24) is 14.8 Å². The van der Waals surface area contributed by atoms with Crippen LogP contribution in [0.4, 0.5) is 27.6 Å². The molecule has 0 radical (unpaired) electrons. The molecule has 1 N–H and O–H groups in total. The van der Waals surface area contributed by atoms with E-state index in [2.05, 4.69) is 15.4 Å². The minimum Gasteiger partial charge on any atom is -0.319 e. The van der Waals surface area contributed by atoms with Crippen LogP contribution in [0, 0.1) is 11.6 Å². The van der Waals surface area contributed by atoms with Gasteiger partial charge in [-0.05, 0) is 36.4 Å². The second kappa shape index (κ2) is 7.21. The van der Waals surface area contributed by atoms with E-state index < -0.39 is 35.1 Å². The van der Waals surface area contributed by atoms with Crippen LogP contribution < -0.4 is 5.32 Å². The second-order valence-electron chi connectivity index (χ2n) is 6.28. The summed E-state index contributed by atoms with van der Waals surface area (Å²) >= 11 is 0. The summed E-state index contributed by atoms with van der Waals surface area (Å²) in [6.07, 6.45) is -2.95. The smallest absolute Gasteiger partial charge is 0.319 e. The van der Waals surface area contributed by atoms with Gasteiger partial charge in [0.15, 0.2) is 5.69 Å². The Bertz CT molecular complexity index is 1250. The molecule has 0 spiro atoms. The van der Waals surface area contributed by atoms with E-state index in [1.54, 1.807) is 0 Å². The summed E-state index contributed by atoms with van der Waals surface area (Å²) in [7, 11) is 0. The molecular formula is C20H11F5N4O. The molecule has 0 fully saturated rings. The number of pyridine rings is 1. The van der Waals surface area contributed by atoms with Gasteiger partial charge in [-0.3, -0.25) is 9.78 Å². The lowest BCUT2D eigenvalue weighted by atomic mass is 10.1. The van der Waals surface area contributed by atoms with Gasteiger partial charge in [0.25, 0.3) is 5.91 Å². The summed E-state index contributed by atoms with van der Waals surface area (Å²) in [4.78, 5) is 16.4. The highest BCUT2D eigenvalue weighted by Gasteiger charge is 2.39. The minimum atomic E-state index is -4.86. The van der Waals surface area contributed by atoms with E-state index in [9.17, 15) is 26.7 Å². The number of hydrogen-bond acceptors (Lipinski definition) is 3. The molecule has 152 valence electrons. The Kier molecular flexibility index (Phi) is 4.69. The highest BCUT2D eigenvalue weighted by atomic mass is 19.4. The Morgan fingerprint density at radius 3 is 2.43 bits per heavy atom. The molecule has 0 aliphatic rings. The molecule has 4 aromatic rings. The first-order valence-electron chi connectivity index (χ1n) is 8.51. The number of halogens is 5. The molecule has 1 amide bonds. The quantitative estimate of drug-likeness (QED) is 0.478. The summed E-state index contributed by atoms with van der Waals surface area (Å²) < 4.78 is 68.4. The number of aromatic nitrogens is 3. The maximum atomic E-state index is 13.7. The predicted molar refractivity (Wildman–Crippen MR) is 98.2 cm³/mol. The third kappa shape index (κ3) is 3.59. The Morgan fingerprint density at radius 2 is 1.73 bits per heavy atom. The number of carbonyl (C=O) groups is 1. The van der Waals surface area contributed by atoms with Gasteiger partial charge in [0, 0.05) is 11.6 Å². The van der Waals surface area contributed by atoms with Crippen molar-refractivity contribution in [3.05, 3.63) is 83.8 Å². The molecule has 0 atom stereocenters. The maximum Gasteiger partial charge on any atom is 0.435 e. The Hall–Kier alpha value is -3.82. The zero-order valence-electron chi connectivity index (χ0n) is 14.9. The summed E-state index contributed by atoms with van der Waals surface area (Å²) in [5.41, 5.74) is -1.88. The zero-order chi connectivity index (χ0) is 21.5. The van der Waals surface area contributed by atoms with Crippen molar-refractivity contribution in [2.45, 2.75) is 6.18 Å². The fraction of sp³-hybridized carbons (Fsp3) is 0.0500. The molecule has 4 rings (SSSR count). The third-order valence-electron chi connectivity index (χ3n) is 4.28. The van der Waals surface area contributed by atoms with Gasteiger partial charge in [0.1, 0.15) is 17.2 Å². The lowest BCUT2D eigenvalue weighted by molar-refractivity contribution is -0.142. The van der Waals surface area contributed by atoms with Gasteiger partial charge < -0.3 is 5.32 Å². The van der Waals surface area contributed by atoms with Crippen LogP contribution >= 0.6 is 0 Å². The van der Waals surface area contributed by atoms with Crippen LogP contribution in [-0.2, 0) is 6.18 Å². The Labute approximate surface area is 165 Å². The van der Waals surface area contributed by atoms with Gasteiger partial charge in [-0.1, -0.05) is 12.1 Å². The summed E-state index contributed by atoms with van der Waals surface area (Å²) in [6.45, 7) is 0. The second-order valence-corrected chi connectivity index (χ2v) is 6.28. The van der Waals surface area contributed by atoms with Gasteiger partial charge in [-0.15, -0.1) is 0 Å². The van der Waals surface area contributed by atoms with Crippen LogP contribution in [-0.4, -0.2) is 20.7 Å². The van der Waals surface area contributed by atoms with Crippen molar-refractivity contribution < 1.29 is 26.7 Å². The first-order valence-corrected chi connectivity index (χ1v) is 8.51. The summed E-state index contributed by atoms with van der Waals surface area (Å²) in [5, 5.41) is 6.17. The number of para-hydroxylation sites is 1. The van der Waals surface area contributed by atoms with Crippen LogP contribution in [0.25, 0.3) is 16.6 Å². The number of carbonyl (C=O) groups excluding carboxylic acids is 1. The average molecular weight is 418 g/mol. The molecule has 2 aromatic carbocycles. The van der Waals surface area contributed by atoms with Gasteiger partial charge in [0.05, 0.1) is 23.1 Å². The predicted octanol–water partition coefficient (Wildman–Crippen LogP) is 4.97. The van der Waals surface area contributed by atoms with Crippen LogP contribution in [0.5, 0.6) is 0 Å².